The molecule has 0 saturated carbocycles. The number of nitrogens with one attached hydrogen (secondary N) is 1. The van der Waals surface area contributed by atoms with Gasteiger partial charge in [0.25, 0.3) is 0 Å². The lowest BCUT2D eigenvalue weighted by Crippen LogP contribution is -2.35. The smallest absolute Gasteiger partial charge is 0.247 e. The van der Waals surface area contributed by atoms with Gasteiger partial charge in [0.05, 0.1) is 6.54 Å². The highest BCUT2D eigenvalue weighted by molar-refractivity contribution is 5.95. The molecule has 0 radical (unpaired) electrons. The molecule has 156 valence electrons. The standard InChI is InChI=1S/C23H26N4O3/c1-4-17-7-5-6-8-19(17)24-20(28)15-27(3)22(29)14-13-21-25-26-23(30-21)18-11-9-16(2)10-12-18/h5-12H,4,13-15H2,1-3H3,(H,24,28). The Kier molecular flexibility index (Phi) is 6.95. The molecule has 2 aromatic carbocycles. The number of rotatable bonds is 8. The molecule has 0 spiro atoms. The van der Waals surface area contributed by atoms with E-state index >= 15 is 0 Å². The van der Waals surface area contributed by atoms with Crippen LogP contribution < -0.4 is 5.32 Å². The highest BCUT2D eigenvalue weighted by atomic mass is 16.4. The minimum Gasteiger partial charge on any atom is -0.421 e. The predicted octanol–water partition coefficient (Wildman–Crippen LogP) is 3.64. The van der Waals surface area contributed by atoms with E-state index in [2.05, 4.69) is 15.5 Å². The molecule has 0 fully saturated rings. The lowest BCUT2D eigenvalue weighted by atomic mass is 10.1. The second-order valence-corrected chi connectivity index (χ2v) is 7.18. The molecule has 1 N–H and O–H groups in total. The second kappa shape index (κ2) is 9.82. The lowest BCUT2D eigenvalue weighted by Gasteiger charge is -2.17. The van der Waals surface area contributed by atoms with Gasteiger partial charge in [0.1, 0.15) is 0 Å². The van der Waals surface area contributed by atoms with Crippen LogP contribution in [-0.4, -0.2) is 40.5 Å². The number of anilines is 1. The number of carbonyl (C=O) groups is 2. The Bertz CT molecular complexity index is 1010. The molecule has 30 heavy (non-hydrogen) atoms. The van der Waals surface area contributed by atoms with Crippen molar-refractivity contribution in [2.24, 2.45) is 0 Å². The van der Waals surface area contributed by atoms with Crippen molar-refractivity contribution in [3.8, 4) is 11.5 Å². The summed E-state index contributed by atoms with van der Waals surface area (Å²) in [6.45, 7) is 4.02. The van der Waals surface area contributed by atoms with Crippen LogP contribution in [0.4, 0.5) is 5.69 Å². The van der Waals surface area contributed by atoms with E-state index in [0.29, 0.717) is 18.2 Å². The molecule has 1 aromatic heterocycles. The van der Waals surface area contributed by atoms with E-state index in [4.69, 9.17) is 4.42 Å². The van der Waals surface area contributed by atoms with E-state index < -0.39 is 0 Å². The monoisotopic (exact) mass is 406 g/mol. The second-order valence-electron chi connectivity index (χ2n) is 7.18. The molecule has 0 bridgehead atoms. The van der Waals surface area contributed by atoms with Crippen LogP contribution in [0.2, 0.25) is 0 Å². The Morgan fingerprint density at radius 3 is 2.53 bits per heavy atom. The highest BCUT2D eigenvalue weighted by Gasteiger charge is 2.16. The van der Waals surface area contributed by atoms with Gasteiger partial charge in [0.15, 0.2) is 0 Å². The molecule has 0 aliphatic rings. The average molecular weight is 406 g/mol. The molecule has 3 aromatic rings. The maximum Gasteiger partial charge on any atom is 0.247 e. The SMILES string of the molecule is CCc1ccccc1NC(=O)CN(C)C(=O)CCc1nnc(-c2ccc(C)cc2)o1. The van der Waals surface area contributed by atoms with Crippen LogP contribution in [0, 0.1) is 6.92 Å². The Labute approximate surface area is 176 Å². The van der Waals surface area contributed by atoms with Crippen molar-refractivity contribution in [1.29, 1.82) is 0 Å². The zero-order valence-corrected chi connectivity index (χ0v) is 17.5. The van der Waals surface area contributed by atoms with Crippen LogP contribution in [0.5, 0.6) is 0 Å². The highest BCUT2D eigenvalue weighted by Crippen LogP contribution is 2.19. The van der Waals surface area contributed by atoms with Crippen LogP contribution in [0.25, 0.3) is 11.5 Å². The summed E-state index contributed by atoms with van der Waals surface area (Å²) in [6.07, 6.45) is 1.33. The van der Waals surface area contributed by atoms with Gasteiger partial charge in [-0.05, 0) is 37.1 Å². The number of aryl methyl sites for hydroxylation is 3. The van der Waals surface area contributed by atoms with Crippen molar-refractivity contribution < 1.29 is 14.0 Å². The summed E-state index contributed by atoms with van der Waals surface area (Å²) in [5.41, 5.74) is 3.82. The molecule has 2 amide bonds. The number of hydrogen-bond donors (Lipinski definition) is 1. The Morgan fingerprint density at radius 1 is 1.07 bits per heavy atom. The Morgan fingerprint density at radius 2 is 1.80 bits per heavy atom. The van der Waals surface area contributed by atoms with Crippen LogP contribution >= 0.6 is 0 Å². The van der Waals surface area contributed by atoms with Crippen molar-refractivity contribution in [2.75, 3.05) is 18.9 Å². The van der Waals surface area contributed by atoms with Gasteiger partial charge < -0.3 is 14.6 Å². The molecule has 7 heteroatoms. The number of likely N-dealkylation sites (N-methyl/N-ethyl adjacent to an activating group) is 1. The van der Waals surface area contributed by atoms with Gasteiger partial charge >= 0.3 is 0 Å². The third kappa shape index (κ3) is 5.53. The zero-order chi connectivity index (χ0) is 21.5. The fraction of sp³-hybridized carbons (Fsp3) is 0.304. The minimum absolute atomic E-state index is 0.0185. The maximum absolute atomic E-state index is 12.4. The molecule has 0 saturated heterocycles. The van der Waals surface area contributed by atoms with E-state index in [1.54, 1.807) is 7.05 Å². The molecular formula is C23H26N4O3. The van der Waals surface area contributed by atoms with E-state index in [1.165, 1.54) is 4.90 Å². The van der Waals surface area contributed by atoms with Gasteiger partial charge in [0, 0.05) is 31.1 Å². The Hall–Kier alpha value is -3.48. The Balaban J connectivity index is 1.50. The van der Waals surface area contributed by atoms with Crippen LogP contribution in [0.3, 0.4) is 0 Å². The number of hydrogen-bond acceptors (Lipinski definition) is 5. The van der Waals surface area contributed by atoms with Gasteiger partial charge in [-0.3, -0.25) is 9.59 Å². The normalized spacial score (nSPS) is 10.6. The van der Waals surface area contributed by atoms with Gasteiger partial charge in [-0.2, -0.15) is 0 Å². The molecule has 1 heterocycles. The summed E-state index contributed by atoms with van der Waals surface area (Å²) in [4.78, 5) is 26.1. The third-order valence-corrected chi connectivity index (χ3v) is 4.80. The number of benzene rings is 2. The molecule has 0 unspecified atom stereocenters. The first-order valence-corrected chi connectivity index (χ1v) is 9.97. The largest absolute Gasteiger partial charge is 0.421 e. The van der Waals surface area contributed by atoms with Crippen LogP contribution in [0.15, 0.2) is 52.9 Å². The van der Waals surface area contributed by atoms with E-state index in [9.17, 15) is 9.59 Å². The molecule has 3 rings (SSSR count). The third-order valence-electron chi connectivity index (χ3n) is 4.80. The van der Waals surface area contributed by atoms with Crippen molar-refractivity contribution in [3.05, 3.63) is 65.5 Å². The van der Waals surface area contributed by atoms with Crippen LogP contribution in [0.1, 0.15) is 30.4 Å². The number of nitrogens with zero attached hydrogens (tertiary/aromatic N) is 3. The first-order chi connectivity index (χ1) is 14.5. The zero-order valence-electron chi connectivity index (χ0n) is 17.5. The first kappa shape index (κ1) is 21.2. The molecule has 0 aliphatic heterocycles. The quantitative estimate of drug-likeness (QED) is 0.617. The van der Waals surface area contributed by atoms with Gasteiger partial charge in [-0.1, -0.05) is 42.8 Å². The van der Waals surface area contributed by atoms with Crippen molar-refractivity contribution in [2.45, 2.75) is 33.1 Å². The van der Waals surface area contributed by atoms with E-state index in [1.807, 2.05) is 62.4 Å². The van der Waals surface area contributed by atoms with Crippen molar-refractivity contribution >= 4 is 17.5 Å². The van der Waals surface area contributed by atoms with Gasteiger partial charge in [-0.25, -0.2) is 0 Å². The topological polar surface area (TPSA) is 88.3 Å². The fourth-order valence-corrected chi connectivity index (χ4v) is 3.02. The average Bonchev–Trinajstić information content (AvgIpc) is 3.21. The number of amides is 2. The molecular weight excluding hydrogens is 380 g/mol. The summed E-state index contributed by atoms with van der Waals surface area (Å²) < 4.78 is 5.65. The first-order valence-electron chi connectivity index (χ1n) is 9.97. The summed E-state index contributed by atoms with van der Waals surface area (Å²) in [5.74, 6) is 0.434. The summed E-state index contributed by atoms with van der Waals surface area (Å²) in [6, 6.07) is 15.4. The summed E-state index contributed by atoms with van der Waals surface area (Å²) in [5, 5.41) is 10.9. The fourth-order valence-electron chi connectivity index (χ4n) is 3.02. The maximum atomic E-state index is 12.4. The van der Waals surface area contributed by atoms with E-state index in [0.717, 1.165) is 28.8 Å². The number of aromatic nitrogens is 2. The van der Waals surface area contributed by atoms with Gasteiger partial charge in [-0.15, -0.1) is 10.2 Å². The number of carbonyl (C=O) groups excluding carboxylic acids is 2. The van der Waals surface area contributed by atoms with Gasteiger partial charge in [0.2, 0.25) is 23.6 Å². The minimum atomic E-state index is -0.230. The number of para-hydroxylation sites is 1. The summed E-state index contributed by atoms with van der Waals surface area (Å²) in [7, 11) is 1.61. The van der Waals surface area contributed by atoms with Crippen LogP contribution in [-0.2, 0) is 22.4 Å². The van der Waals surface area contributed by atoms with Crippen molar-refractivity contribution in [1.82, 2.24) is 15.1 Å². The predicted molar refractivity (Wildman–Crippen MR) is 115 cm³/mol. The molecule has 0 atom stereocenters. The molecule has 0 aliphatic carbocycles. The van der Waals surface area contributed by atoms with Crippen molar-refractivity contribution in [3.63, 3.8) is 0 Å². The lowest BCUT2D eigenvalue weighted by molar-refractivity contribution is -0.133. The molecule has 7 nitrogen and oxygen atoms in total. The summed E-state index contributed by atoms with van der Waals surface area (Å²) >= 11 is 0. The van der Waals surface area contributed by atoms with E-state index in [-0.39, 0.29) is 24.8 Å².